The van der Waals surface area contributed by atoms with Crippen molar-refractivity contribution in [2.75, 3.05) is 13.7 Å². The standard InChI is InChI=1S/C13H19NO5/c1-5-19-14-7-8-9(15)6-13(2,3)10(11(8)16)12(17)18-4/h7,10,16H,5-6H2,1-4H3/b14-7+/t10-/m1/s1. The van der Waals surface area contributed by atoms with Crippen LogP contribution in [0.5, 0.6) is 0 Å². The van der Waals surface area contributed by atoms with E-state index in [2.05, 4.69) is 9.89 Å². The Hall–Kier alpha value is -1.85. The van der Waals surface area contributed by atoms with Gasteiger partial charge in [-0.15, -0.1) is 0 Å². The Balaban J connectivity index is 3.19. The molecule has 0 amide bonds. The molecule has 1 aliphatic carbocycles. The smallest absolute Gasteiger partial charge is 0.316 e. The van der Waals surface area contributed by atoms with Gasteiger partial charge in [-0.25, -0.2) is 0 Å². The predicted molar refractivity (Wildman–Crippen MR) is 68.7 cm³/mol. The summed E-state index contributed by atoms with van der Waals surface area (Å²) in [6, 6.07) is 0. The van der Waals surface area contributed by atoms with Crippen molar-refractivity contribution < 1.29 is 24.3 Å². The molecule has 0 bridgehead atoms. The van der Waals surface area contributed by atoms with Gasteiger partial charge in [0.2, 0.25) is 0 Å². The van der Waals surface area contributed by atoms with E-state index in [9.17, 15) is 14.7 Å². The highest BCUT2D eigenvalue weighted by atomic mass is 16.6. The van der Waals surface area contributed by atoms with E-state index in [1.807, 2.05) is 0 Å². The summed E-state index contributed by atoms with van der Waals surface area (Å²) in [5.74, 6) is -2.03. The summed E-state index contributed by atoms with van der Waals surface area (Å²) in [7, 11) is 1.25. The molecule has 0 aromatic carbocycles. The number of allylic oxidation sites excluding steroid dienone is 1. The number of carbonyl (C=O) groups excluding carboxylic acids is 2. The average Bonchev–Trinajstić information content (AvgIpc) is 2.31. The lowest BCUT2D eigenvalue weighted by atomic mass is 9.68. The molecule has 0 aromatic heterocycles. The van der Waals surface area contributed by atoms with Crippen molar-refractivity contribution in [2.24, 2.45) is 16.5 Å². The highest BCUT2D eigenvalue weighted by Crippen LogP contribution is 2.41. The van der Waals surface area contributed by atoms with Gasteiger partial charge in [-0.05, 0) is 12.3 Å². The lowest BCUT2D eigenvalue weighted by molar-refractivity contribution is -0.150. The van der Waals surface area contributed by atoms with Crippen molar-refractivity contribution in [1.29, 1.82) is 0 Å². The first kappa shape index (κ1) is 15.2. The topological polar surface area (TPSA) is 85.2 Å². The summed E-state index contributed by atoms with van der Waals surface area (Å²) in [4.78, 5) is 28.5. The van der Waals surface area contributed by atoms with Gasteiger partial charge in [0.1, 0.15) is 18.3 Å². The summed E-state index contributed by atoms with van der Waals surface area (Å²) in [6.07, 6.45) is 1.27. The number of aliphatic hydroxyl groups excluding tert-OH is 1. The molecule has 0 unspecified atom stereocenters. The van der Waals surface area contributed by atoms with Crippen LogP contribution in [0, 0.1) is 11.3 Å². The fourth-order valence-electron chi connectivity index (χ4n) is 2.13. The fraction of sp³-hybridized carbons (Fsp3) is 0.615. The number of esters is 1. The molecule has 0 spiro atoms. The van der Waals surface area contributed by atoms with E-state index in [0.29, 0.717) is 6.61 Å². The van der Waals surface area contributed by atoms with E-state index >= 15 is 0 Å². The minimum Gasteiger partial charge on any atom is -0.511 e. The molecule has 0 heterocycles. The zero-order valence-corrected chi connectivity index (χ0v) is 11.6. The van der Waals surface area contributed by atoms with Crippen LogP contribution in [0.15, 0.2) is 16.5 Å². The lowest BCUT2D eigenvalue weighted by Gasteiger charge is -2.35. The Morgan fingerprint density at radius 2 is 2.21 bits per heavy atom. The van der Waals surface area contributed by atoms with Crippen LogP contribution in [0.25, 0.3) is 0 Å². The molecule has 6 heteroatoms. The molecule has 0 fully saturated rings. The summed E-state index contributed by atoms with van der Waals surface area (Å²) in [5, 5.41) is 13.7. The van der Waals surface area contributed by atoms with Gasteiger partial charge in [0, 0.05) is 6.42 Å². The maximum Gasteiger partial charge on any atom is 0.316 e. The van der Waals surface area contributed by atoms with Crippen LogP contribution < -0.4 is 0 Å². The number of nitrogens with zero attached hydrogens (tertiary/aromatic N) is 1. The molecule has 0 aromatic rings. The summed E-state index contributed by atoms with van der Waals surface area (Å²) >= 11 is 0. The van der Waals surface area contributed by atoms with Gasteiger partial charge in [0.05, 0.1) is 18.9 Å². The molecule has 0 radical (unpaired) electrons. The number of carbonyl (C=O) groups is 2. The molecule has 106 valence electrons. The van der Waals surface area contributed by atoms with Crippen molar-refractivity contribution in [3.63, 3.8) is 0 Å². The second-order valence-corrected chi connectivity index (χ2v) is 5.00. The number of rotatable bonds is 4. The Morgan fingerprint density at radius 1 is 1.58 bits per heavy atom. The third-order valence-electron chi connectivity index (χ3n) is 3.07. The highest BCUT2D eigenvalue weighted by Gasteiger charge is 2.46. The van der Waals surface area contributed by atoms with Crippen LogP contribution in [-0.2, 0) is 19.2 Å². The van der Waals surface area contributed by atoms with E-state index in [0.717, 1.165) is 6.21 Å². The minimum atomic E-state index is -0.877. The van der Waals surface area contributed by atoms with Crippen LogP contribution in [0.4, 0.5) is 0 Å². The molecular formula is C13H19NO5. The van der Waals surface area contributed by atoms with Gasteiger partial charge < -0.3 is 14.7 Å². The van der Waals surface area contributed by atoms with E-state index in [-0.39, 0.29) is 23.5 Å². The summed E-state index contributed by atoms with van der Waals surface area (Å²) in [6.45, 7) is 5.57. The minimum absolute atomic E-state index is 0.00294. The molecule has 1 atom stereocenters. The number of methoxy groups -OCH3 is 1. The molecular weight excluding hydrogens is 250 g/mol. The third kappa shape index (κ3) is 3.13. The maximum atomic E-state index is 12.0. The van der Waals surface area contributed by atoms with Crippen LogP contribution in [0.3, 0.4) is 0 Å². The quantitative estimate of drug-likeness (QED) is 0.476. The van der Waals surface area contributed by atoms with Crippen molar-refractivity contribution in [3.05, 3.63) is 11.3 Å². The first-order chi connectivity index (χ1) is 8.85. The molecule has 0 aliphatic heterocycles. The molecule has 0 saturated carbocycles. The average molecular weight is 269 g/mol. The number of hydrogen-bond donors (Lipinski definition) is 1. The number of oxime groups is 1. The highest BCUT2D eigenvalue weighted by molar-refractivity contribution is 6.15. The van der Waals surface area contributed by atoms with Crippen LogP contribution in [0.2, 0.25) is 0 Å². The van der Waals surface area contributed by atoms with E-state index in [4.69, 9.17) is 4.84 Å². The number of ether oxygens (including phenoxy) is 1. The monoisotopic (exact) mass is 269 g/mol. The number of hydrogen-bond acceptors (Lipinski definition) is 6. The molecule has 1 aliphatic rings. The van der Waals surface area contributed by atoms with Gasteiger partial charge >= 0.3 is 5.97 Å². The van der Waals surface area contributed by atoms with Crippen molar-refractivity contribution in [2.45, 2.75) is 27.2 Å². The lowest BCUT2D eigenvalue weighted by Crippen LogP contribution is -2.40. The Kier molecular flexibility index (Phi) is 4.69. The Labute approximate surface area is 112 Å². The van der Waals surface area contributed by atoms with Crippen molar-refractivity contribution in [1.82, 2.24) is 0 Å². The number of Topliss-reactive ketones (excluding diaryl/α,β-unsaturated/α-hetero) is 1. The fourth-order valence-corrected chi connectivity index (χ4v) is 2.13. The van der Waals surface area contributed by atoms with Gasteiger partial charge in [0.15, 0.2) is 5.78 Å². The normalized spacial score (nSPS) is 22.7. The summed E-state index contributed by atoms with van der Waals surface area (Å²) < 4.78 is 4.68. The largest absolute Gasteiger partial charge is 0.511 e. The van der Waals surface area contributed by atoms with Crippen LogP contribution in [-0.4, -0.2) is 36.8 Å². The SMILES string of the molecule is CCO/N=C/C1=C(O)[C@H](C(=O)OC)C(C)(C)CC1=O. The second-order valence-electron chi connectivity index (χ2n) is 5.00. The van der Waals surface area contributed by atoms with Crippen LogP contribution >= 0.6 is 0 Å². The maximum absolute atomic E-state index is 12.0. The van der Waals surface area contributed by atoms with Gasteiger partial charge in [-0.2, -0.15) is 0 Å². The van der Waals surface area contributed by atoms with E-state index in [1.54, 1.807) is 20.8 Å². The first-order valence-electron chi connectivity index (χ1n) is 6.04. The molecule has 0 saturated heterocycles. The van der Waals surface area contributed by atoms with Gasteiger partial charge in [0.25, 0.3) is 0 Å². The zero-order valence-electron chi connectivity index (χ0n) is 11.6. The third-order valence-corrected chi connectivity index (χ3v) is 3.07. The number of aliphatic hydroxyl groups is 1. The summed E-state index contributed by atoms with van der Waals surface area (Å²) in [5.41, 5.74) is -0.694. The van der Waals surface area contributed by atoms with Crippen molar-refractivity contribution >= 4 is 18.0 Å². The molecule has 6 nitrogen and oxygen atoms in total. The number of ketones is 1. The predicted octanol–water partition coefficient (Wildman–Crippen LogP) is 1.61. The van der Waals surface area contributed by atoms with Gasteiger partial charge in [-0.1, -0.05) is 19.0 Å². The van der Waals surface area contributed by atoms with E-state index < -0.39 is 17.3 Å². The molecule has 19 heavy (non-hydrogen) atoms. The second kappa shape index (κ2) is 5.86. The van der Waals surface area contributed by atoms with Crippen LogP contribution in [0.1, 0.15) is 27.2 Å². The van der Waals surface area contributed by atoms with E-state index in [1.165, 1.54) is 7.11 Å². The van der Waals surface area contributed by atoms with Gasteiger partial charge in [-0.3, -0.25) is 9.59 Å². The van der Waals surface area contributed by atoms with Crippen molar-refractivity contribution in [3.8, 4) is 0 Å². The Morgan fingerprint density at radius 3 is 2.74 bits per heavy atom. The Bertz CT molecular complexity index is 436. The molecule has 1 rings (SSSR count). The molecule has 1 N–H and O–H groups in total. The first-order valence-corrected chi connectivity index (χ1v) is 6.04. The zero-order chi connectivity index (χ0) is 14.6.